The summed E-state index contributed by atoms with van der Waals surface area (Å²) in [5.41, 5.74) is 5.68. The largest absolute Gasteiger partial charge is 0.460 e. The molecule has 1 saturated heterocycles. The van der Waals surface area contributed by atoms with Gasteiger partial charge in [0.2, 0.25) is 23.6 Å². The Bertz CT molecular complexity index is 2440. The van der Waals surface area contributed by atoms with Crippen molar-refractivity contribution in [2.24, 2.45) is 23.7 Å². The molecule has 0 bridgehead atoms. The summed E-state index contributed by atoms with van der Waals surface area (Å²) in [6.07, 6.45) is 12.6. The van der Waals surface area contributed by atoms with Crippen LogP contribution in [0.15, 0.2) is 29.6 Å². The van der Waals surface area contributed by atoms with E-state index < -0.39 is 72.2 Å². The maximum absolute atomic E-state index is 14.4. The van der Waals surface area contributed by atoms with Crippen LogP contribution >= 0.6 is 32.9 Å². The van der Waals surface area contributed by atoms with E-state index in [1.54, 1.807) is 58.0 Å². The monoisotopic (exact) mass is 1320 g/mol. The number of likely N-dealkylation sites (tertiary alicyclic amines) is 1. The SMILES string of the molecule is CCC(CO)OC(COC(=O)CCCC(=O)NCCCCCCCCCCCSSCCOC(=O)NNC(=O)[C@@H](C)C[C@@H](CC(=O)c1csc([C@@H](C[C@H](C(C)C)N(C)C(=O)C(NC(=O)[C@H]2CCCCN2C)[C@@H](C)CC)OC(C)=O)n1)Cc1ccc(F)cc1)OC. The number of halogens is 1. The summed E-state index contributed by atoms with van der Waals surface area (Å²) in [5.74, 6) is -2.44. The maximum atomic E-state index is 14.4. The Kier molecular flexibility index (Phi) is 40.0. The zero-order chi connectivity index (χ0) is 66.4. The highest BCUT2D eigenvalue weighted by Gasteiger charge is 2.38. The van der Waals surface area contributed by atoms with Crippen LogP contribution in [0.5, 0.6) is 0 Å². The molecule has 0 aliphatic carbocycles. The van der Waals surface area contributed by atoms with Crippen molar-refractivity contribution in [3.63, 3.8) is 0 Å². The number of aromatic nitrogens is 1. The second-order valence-corrected chi connectivity index (χ2v) is 27.6. The van der Waals surface area contributed by atoms with Gasteiger partial charge >= 0.3 is 18.0 Å². The van der Waals surface area contributed by atoms with Gasteiger partial charge < -0.3 is 44.3 Å². The van der Waals surface area contributed by atoms with Gasteiger partial charge in [0.25, 0.3) is 0 Å². The molecular formula is C65H106FN7O14S3. The predicted molar refractivity (Wildman–Crippen MR) is 351 cm³/mol. The number of amides is 5. The number of Topliss-reactive ketones (excluding diaryl/α,β-unsaturated/α-hetero) is 1. The molecule has 5 N–H and O–H groups in total. The lowest BCUT2D eigenvalue weighted by molar-refractivity contribution is -0.194. The molecule has 3 rings (SSSR count). The fraction of sp³-hybridized carbons (Fsp3) is 0.738. The van der Waals surface area contributed by atoms with Crippen LogP contribution in [0.25, 0.3) is 0 Å². The summed E-state index contributed by atoms with van der Waals surface area (Å²) in [4.78, 5) is 113. The van der Waals surface area contributed by atoms with Gasteiger partial charge in [-0.25, -0.2) is 19.6 Å². The fourth-order valence-electron chi connectivity index (χ4n) is 10.6. The Hall–Kier alpha value is -4.92. The third kappa shape index (κ3) is 31.6. The summed E-state index contributed by atoms with van der Waals surface area (Å²) < 4.78 is 41.0. The lowest BCUT2D eigenvalue weighted by Gasteiger charge is -2.38. The number of rotatable bonds is 46. The van der Waals surface area contributed by atoms with Crippen LogP contribution in [-0.2, 0) is 58.9 Å². The Morgan fingerprint density at radius 3 is 2.17 bits per heavy atom. The molecule has 3 unspecified atom stereocenters. The van der Waals surface area contributed by atoms with Crippen molar-refractivity contribution in [3.8, 4) is 0 Å². The van der Waals surface area contributed by atoms with E-state index in [1.165, 1.54) is 56.8 Å². The molecule has 1 aromatic heterocycles. The molecule has 1 aliphatic rings. The standard InChI is InChI=1S/C65H106FN7O14S3/c1-11-45(5)60(69-62(80)53-25-20-22-33-72(53)8)64(81)73(9)54(44(3)4)40-56(86-47(7)75)63-68-52(43-88-63)55(76)39-49(38-48-28-30-50(66)31-29-48)37-46(6)61(79)70-71-65(82)84-34-36-90-89-35-23-19-17-15-13-14-16-18-21-32-67-57(77)26-24-27-58(78)85-42-59(83-10)87-51(12-2)41-74/h28-31,43-46,49,51,53-54,56,59-60,74H,11-27,32-42H2,1-10H3,(H,67,77)(H,69,80)(H,70,79)(H,71,82)/t45-,46-,49+,51?,53+,54+,56+,59?,60?/m0/s1. The molecule has 0 saturated carbocycles. The van der Waals surface area contributed by atoms with E-state index in [4.69, 9.17) is 28.7 Å². The number of esters is 2. The number of nitrogens with one attached hydrogen (secondary N) is 4. The van der Waals surface area contributed by atoms with E-state index in [-0.39, 0.29) is 99.0 Å². The van der Waals surface area contributed by atoms with Gasteiger partial charge in [0.05, 0.1) is 18.8 Å². The molecule has 21 nitrogen and oxygen atoms in total. The summed E-state index contributed by atoms with van der Waals surface area (Å²) >= 11 is 1.17. The molecular weight excluding hydrogens is 1220 g/mol. The van der Waals surface area contributed by atoms with E-state index in [0.717, 1.165) is 75.6 Å². The third-order valence-corrected chi connectivity index (χ3v) is 19.7. The number of benzene rings is 1. The molecule has 25 heteroatoms. The van der Waals surface area contributed by atoms with Crippen molar-refractivity contribution in [1.29, 1.82) is 0 Å². The van der Waals surface area contributed by atoms with Crippen LogP contribution in [-0.4, -0.2) is 163 Å². The second-order valence-electron chi connectivity index (χ2n) is 24.0. The molecule has 1 aromatic carbocycles. The van der Waals surface area contributed by atoms with Crippen molar-refractivity contribution in [1.82, 2.24) is 36.3 Å². The maximum Gasteiger partial charge on any atom is 0.426 e. The number of likely N-dealkylation sites (N-methyl/N-ethyl adjacent to an activating group) is 2. The molecule has 1 aliphatic heterocycles. The highest BCUT2D eigenvalue weighted by molar-refractivity contribution is 8.76. The first-order chi connectivity index (χ1) is 43.1. The summed E-state index contributed by atoms with van der Waals surface area (Å²) in [5, 5.41) is 17.3. The number of hydrogen-bond donors (Lipinski definition) is 5. The average molecular weight is 1320 g/mol. The van der Waals surface area contributed by atoms with Crippen LogP contribution in [0.3, 0.4) is 0 Å². The number of aliphatic hydroxyl groups is 1. The van der Waals surface area contributed by atoms with Crippen LogP contribution in [0.1, 0.15) is 204 Å². The Morgan fingerprint density at radius 2 is 1.53 bits per heavy atom. The van der Waals surface area contributed by atoms with E-state index in [9.17, 15) is 47.9 Å². The Balaban J connectivity index is 1.36. The normalized spacial score (nSPS) is 16.1. The van der Waals surface area contributed by atoms with Crippen molar-refractivity contribution < 1.29 is 71.5 Å². The zero-order valence-electron chi connectivity index (χ0n) is 55.2. The number of hydrogen-bond acceptors (Lipinski definition) is 19. The lowest BCUT2D eigenvalue weighted by atomic mass is 9.86. The quantitative estimate of drug-likeness (QED) is 0.00784. The number of piperidine rings is 1. The number of aliphatic hydroxyl groups excluding tert-OH is 1. The highest BCUT2D eigenvalue weighted by Crippen LogP contribution is 2.33. The molecule has 510 valence electrons. The summed E-state index contributed by atoms with van der Waals surface area (Å²) in [6, 6.07) is 4.42. The minimum atomic E-state index is -0.896. The number of nitrogens with zero attached hydrogens (tertiary/aromatic N) is 3. The number of carbonyl (C=O) groups is 8. The zero-order valence-corrected chi connectivity index (χ0v) is 57.6. The summed E-state index contributed by atoms with van der Waals surface area (Å²) in [6.45, 7) is 14.1. The molecule has 9 atom stereocenters. The topological polar surface area (TPSA) is 270 Å². The second kappa shape index (κ2) is 45.4. The van der Waals surface area contributed by atoms with Crippen molar-refractivity contribution in [2.75, 3.05) is 65.6 Å². The van der Waals surface area contributed by atoms with E-state index >= 15 is 0 Å². The van der Waals surface area contributed by atoms with E-state index in [1.807, 2.05) is 46.6 Å². The van der Waals surface area contributed by atoms with Gasteiger partial charge in [0, 0.05) is 82.2 Å². The van der Waals surface area contributed by atoms with E-state index in [2.05, 4.69) is 21.5 Å². The van der Waals surface area contributed by atoms with Gasteiger partial charge in [0.15, 0.2) is 18.2 Å². The van der Waals surface area contributed by atoms with Gasteiger partial charge in [-0.1, -0.05) is 133 Å². The van der Waals surface area contributed by atoms with Gasteiger partial charge in [-0.3, -0.25) is 43.9 Å². The Morgan fingerprint density at radius 1 is 0.856 bits per heavy atom. The fourth-order valence-corrected chi connectivity index (χ4v) is 13.5. The first-order valence-electron chi connectivity index (χ1n) is 32.5. The predicted octanol–water partition coefficient (Wildman–Crippen LogP) is 10.5. The number of ether oxygens (including phenoxy) is 5. The van der Waals surface area contributed by atoms with Crippen LogP contribution in [0.2, 0.25) is 0 Å². The smallest absolute Gasteiger partial charge is 0.426 e. The molecule has 1 fully saturated rings. The van der Waals surface area contributed by atoms with Gasteiger partial charge in [-0.05, 0) is 100 Å². The van der Waals surface area contributed by atoms with Crippen molar-refractivity contribution in [3.05, 3.63) is 51.7 Å². The summed E-state index contributed by atoms with van der Waals surface area (Å²) in [7, 11) is 8.42. The number of unbranched alkanes of at least 4 members (excludes halogenated alkanes) is 8. The van der Waals surface area contributed by atoms with Crippen molar-refractivity contribution >= 4 is 80.4 Å². The van der Waals surface area contributed by atoms with Gasteiger partial charge in [-0.15, -0.1) is 11.3 Å². The number of ketones is 1. The van der Waals surface area contributed by atoms with E-state index in [0.29, 0.717) is 43.0 Å². The first-order valence-corrected chi connectivity index (χ1v) is 35.8. The lowest BCUT2D eigenvalue weighted by Crippen LogP contribution is -2.58. The minimum Gasteiger partial charge on any atom is -0.460 e. The number of carbonyl (C=O) groups excluding carboxylic acids is 8. The third-order valence-electron chi connectivity index (χ3n) is 16.3. The number of thiazole rings is 1. The number of methoxy groups -OCH3 is 1. The van der Waals surface area contributed by atoms with Gasteiger partial charge in [0.1, 0.15) is 35.8 Å². The average Bonchev–Trinajstić information content (AvgIpc) is 3.55. The first kappa shape index (κ1) is 79.3. The molecule has 90 heavy (non-hydrogen) atoms. The minimum absolute atomic E-state index is 0.0179. The molecule has 5 amide bonds. The van der Waals surface area contributed by atoms with Gasteiger partial charge in [-0.2, -0.15) is 0 Å². The number of hydrazine groups is 1. The van der Waals surface area contributed by atoms with Crippen molar-refractivity contribution in [2.45, 2.75) is 220 Å². The highest BCUT2D eigenvalue weighted by atomic mass is 33.1. The molecule has 2 aromatic rings. The van der Waals surface area contributed by atoms with Crippen LogP contribution < -0.4 is 21.5 Å². The Labute approximate surface area is 546 Å². The van der Waals surface area contributed by atoms with Crippen LogP contribution in [0.4, 0.5) is 9.18 Å². The molecule has 2 heterocycles. The van der Waals surface area contributed by atoms with Crippen LogP contribution in [0, 0.1) is 29.5 Å². The molecule has 0 radical (unpaired) electrons. The molecule has 0 spiro atoms.